The Morgan fingerprint density at radius 1 is 1.00 bits per heavy atom. The SMILES string of the molecule is CCOCCOc1ccc2c(C(=O)OCC)c3ccccc3n2c1. The van der Waals surface area contributed by atoms with Crippen molar-refractivity contribution in [3.63, 3.8) is 0 Å². The molecule has 0 aliphatic carbocycles. The third-order valence-electron chi connectivity index (χ3n) is 3.79. The van der Waals surface area contributed by atoms with Crippen molar-refractivity contribution in [3.8, 4) is 5.75 Å². The second-order valence-corrected chi connectivity index (χ2v) is 5.28. The van der Waals surface area contributed by atoms with Crippen molar-refractivity contribution in [2.75, 3.05) is 26.4 Å². The highest BCUT2D eigenvalue weighted by Crippen LogP contribution is 2.29. The number of para-hydroxylation sites is 1. The molecule has 0 unspecified atom stereocenters. The zero-order chi connectivity index (χ0) is 16.9. The number of benzene rings is 1. The second-order valence-electron chi connectivity index (χ2n) is 5.28. The van der Waals surface area contributed by atoms with Gasteiger partial charge >= 0.3 is 5.97 Å². The van der Waals surface area contributed by atoms with Crippen LogP contribution in [0.15, 0.2) is 42.6 Å². The summed E-state index contributed by atoms with van der Waals surface area (Å²) in [7, 11) is 0. The molecule has 2 aromatic heterocycles. The molecule has 3 rings (SSSR count). The van der Waals surface area contributed by atoms with Crippen molar-refractivity contribution in [3.05, 3.63) is 48.2 Å². The average molecular weight is 327 g/mol. The molecule has 3 aromatic rings. The molecule has 0 saturated heterocycles. The molecular weight excluding hydrogens is 306 g/mol. The Hall–Kier alpha value is -2.53. The van der Waals surface area contributed by atoms with Gasteiger partial charge in [-0.2, -0.15) is 0 Å². The highest BCUT2D eigenvalue weighted by Gasteiger charge is 2.19. The average Bonchev–Trinajstić information content (AvgIpc) is 2.93. The molecule has 0 aliphatic rings. The van der Waals surface area contributed by atoms with E-state index in [2.05, 4.69) is 0 Å². The lowest BCUT2D eigenvalue weighted by Gasteiger charge is -2.07. The van der Waals surface area contributed by atoms with E-state index in [-0.39, 0.29) is 5.97 Å². The molecule has 0 spiro atoms. The number of hydrogen-bond acceptors (Lipinski definition) is 4. The van der Waals surface area contributed by atoms with E-state index in [1.807, 2.05) is 60.8 Å². The first-order chi connectivity index (χ1) is 11.8. The zero-order valence-corrected chi connectivity index (χ0v) is 14.0. The quantitative estimate of drug-likeness (QED) is 0.490. The summed E-state index contributed by atoms with van der Waals surface area (Å²) < 4.78 is 18.2. The van der Waals surface area contributed by atoms with E-state index < -0.39 is 0 Å². The summed E-state index contributed by atoms with van der Waals surface area (Å²) in [5, 5.41) is 0.877. The number of ether oxygens (including phenoxy) is 3. The number of carbonyl (C=O) groups is 1. The lowest BCUT2D eigenvalue weighted by Crippen LogP contribution is -2.07. The highest BCUT2D eigenvalue weighted by molar-refractivity contribution is 6.11. The number of hydrogen-bond donors (Lipinski definition) is 0. The summed E-state index contributed by atoms with van der Waals surface area (Å²) in [4.78, 5) is 12.4. The van der Waals surface area contributed by atoms with Gasteiger partial charge in [-0.1, -0.05) is 18.2 Å². The first kappa shape index (κ1) is 16.3. The number of rotatable bonds is 7. The number of nitrogens with zero attached hydrogens (tertiary/aromatic N) is 1. The first-order valence-corrected chi connectivity index (χ1v) is 8.16. The van der Waals surface area contributed by atoms with Crippen molar-refractivity contribution in [2.45, 2.75) is 13.8 Å². The zero-order valence-electron chi connectivity index (χ0n) is 14.0. The normalized spacial score (nSPS) is 11.1. The van der Waals surface area contributed by atoms with E-state index in [9.17, 15) is 4.79 Å². The largest absolute Gasteiger partial charge is 0.490 e. The fourth-order valence-electron chi connectivity index (χ4n) is 2.78. The second kappa shape index (κ2) is 7.36. The van der Waals surface area contributed by atoms with Crippen LogP contribution in [0.2, 0.25) is 0 Å². The first-order valence-electron chi connectivity index (χ1n) is 8.16. The molecule has 0 amide bonds. The van der Waals surface area contributed by atoms with Gasteiger partial charge in [0.25, 0.3) is 0 Å². The van der Waals surface area contributed by atoms with Gasteiger partial charge in [-0.15, -0.1) is 0 Å². The molecule has 0 N–H and O–H groups in total. The van der Waals surface area contributed by atoms with Gasteiger partial charge < -0.3 is 18.6 Å². The van der Waals surface area contributed by atoms with Gasteiger partial charge in [-0.3, -0.25) is 0 Å². The Bertz CT molecular complexity index is 853. The summed E-state index contributed by atoms with van der Waals surface area (Å²) in [6.07, 6.45) is 1.90. The van der Waals surface area contributed by atoms with Gasteiger partial charge in [0.05, 0.1) is 36.0 Å². The van der Waals surface area contributed by atoms with E-state index in [1.165, 1.54) is 0 Å². The lowest BCUT2D eigenvalue weighted by atomic mass is 10.1. The molecule has 5 heteroatoms. The van der Waals surface area contributed by atoms with Crippen LogP contribution in [0.25, 0.3) is 16.4 Å². The Morgan fingerprint density at radius 3 is 2.62 bits per heavy atom. The maximum Gasteiger partial charge on any atom is 0.340 e. The predicted molar refractivity (Wildman–Crippen MR) is 92.8 cm³/mol. The number of esters is 1. The fourth-order valence-corrected chi connectivity index (χ4v) is 2.78. The lowest BCUT2D eigenvalue weighted by molar-refractivity contribution is 0.0531. The third-order valence-corrected chi connectivity index (χ3v) is 3.79. The minimum atomic E-state index is -0.304. The van der Waals surface area contributed by atoms with Gasteiger partial charge in [0.2, 0.25) is 0 Å². The summed E-state index contributed by atoms with van der Waals surface area (Å²) in [6, 6.07) is 11.5. The molecule has 5 nitrogen and oxygen atoms in total. The monoisotopic (exact) mass is 327 g/mol. The van der Waals surface area contributed by atoms with Gasteiger partial charge in [0.1, 0.15) is 12.4 Å². The van der Waals surface area contributed by atoms with E-state index in [1.54, 1.807) is 0 Å². The Morgan fingerprint density at radius 2 is 1.83 bits per heavy atom. The molecule has 0 saturated carbocycles. The van der Waals surface area contributed by atoms with Crippen LogP contribution in [0.3, 0.4) is 0 Å². The predicted octanol–water partition coefficient (Wildman–Crippen LogP) is 3.68. The van der Waals surface area contributed by atoms with Crippen LogP contribution in [0.4, 0.5) is 0 Å². The van der Waals surface area contributed by atoms with Crippen molar-refractivity contribution in [1.29, 1.82) is 0 Å². The van der Waals surface area contributed by atoms with Crippen molar-refractivity contribution in [2.24, 2.45) is 0 Å². The summed E-state index contributed by atoms with van der Waals surface area (Å²) in [5.74, 6) is 0.430. The minimum absolute atomic E-state index is 0.304. The fraction of sp³-hybridized carbons (Fsp3) is 0.316. The van der Waals surface area contributed by atoms with Crippen LogP contribution in [-0.4, -0.2) is 36.8 Å². The molecule has 0 aliphatic heterocycles. The van der Waals surface area contributed by atoms with Crippen LogP contribution in [0, 0.1) is 0 Å². The molecule has 0 bridgehead atoms. The van der Waals surface area contributed by atoms with Crippen molar-refractivity contribution < 1.29 is 19.0 Å². The Kier molecular flexibility index (Phi) is 5.01. The maximum absolute atomic E-state index is 12.4. The van der Waals surface area contributed by atoms with Crippen LogP contribution in [0.5, 0.6) is 5.75 Å². The number of pyridine rings is 1. The molecule has 126 valence electrons. The highest BCUT2D eigenvalue weighted by atomic mass is 16.5. The van der Waals surface area contributed by atoms with E-state index in [0.717, 1.165) is 22.2 Å². The summed E-state index contributed by atoms with van der Waals surface area (Å²) in [6.45, 7) is 5.83. The van der Waals surface area contributed by atoms with Gasteiger partial charge in [0, 0.05) is 12.0 Å². The van der Waals surface area contributed by atoms with Crippen molar-refractivity contribution >= 4 is 22.4 Å². The number of carbonyl (C=O) groups excluding carboxylic acids is 1. The van der Waals surface area contributed by atoms with Crippen molar-refractivity contribution in [1.82, 2.24) is 4.40 Å². The Balaban J connectivity index is 2.03. The van der Waals surface area contributed by atoms with Gasteiger partial charge in [0.15, 0.2) is 0 Å². The summed E-state index contributed by atoms with van der Waals surface area (Å²) in [5.41, 5.74) is 2.35. The molecule has 0 fully saturated rings. The summed E-state index contributed by atoms with van der Waals surface area (Å²) >= 11 is 0. The smallest absolute Gasteiger partial charge is 0.340 e. The van der Waals surface area contributed by atoms with Crippen LogP contribution in [-0.2, 0) is 9.47 Å². The topological polar surface area (TPSA) is 49.2 Å². The molecule has 2 heterocycles. The van der Waals surface area contributed by atoms with Gasteiger partial charge in [-0.25, -0.2) is 4.79 Å². The van der Waals surface area contributed by atoms with Gasteiger partial charge in [-0.05, 0) is 32.0 Å². The third kappa shape index (κ3) is 3.08. The molecule has 24 heavy (non-hydrogen) atoms. The minimum Gasteiger partial charge on any atom is -0.490 e. The van der Waals surface area contributed by atoms with E-state index in [4.69, 9.17) is 14.2 Å². The number of fused-ring (bicyclic) bond motifs is 3. The van der Waals surface area contributed by atoms with Crippen LogP contribution >= 0.6 is 0 Å². The molecule has 0 radical (unpaired) electrons. The molecule has 1 aromatic carbocycles. The maximum atomic E-state index is 12.4. The van der Waals surface area contributed by atoms with Crippen LogP contribution < -0.4 is 4.74 Å². The molecule has 0 atom stereocenters. The standard InChI is InChI=1S/C19H21NO4/c1-3-22-11-12-24-14-9-10-17-18(19(21)23-4-2)15-7-5-6-8-16(15)20(17)13-14/h5-10,13H,3-4,11-12H2,1-2H3. The molecular formula is C19H21NO4. The Labute approximate surface area is 140 Å². The van der Waals surface area contributed by atoms with E-state index in [0.29, 0.717) is 32.0 Å². The number of aromatic nitrogens is 1. The van der Waals surface area contributed by atoms with Crippen LogP contribution in [0.1, 0.15) is 24.2 Å². The van der Waals surface area contributed by atoms with E-state index >= 15 is 0 Å².